The van der Waals surface area contributed by atoms with Crippen LogP contribution in [0.15, 0.2) is 60.2 Å². The van der Waals surface area contributed by atoms with Crippen molar-refractivity contribution in [1.82, 2.24) is 15.3 Å². The van der Waals surface area contributed by atoms with E-state index in [1.54, 1.807) is 29.8 Å². The van der Waals surface area contributed by atoms with Gasteiger partial charge in [-0.15, -0.1) is 11.3 Å². The number of nitrogens with one attached hydrogen (secondary N) is 1. The molecule has 3 heterocycles. The van der Waals surface area contributed by atoms with Gasteiger partial charge in [-0.2, -0.15) is 0 Å². The SMILES string of the molecule is O=C(/C=C/c1ccc(N2CCOCC2)cc1)NCCCc1nc(-c2ccncc2)cs1. The highest BCUT2D eigenvalue weighted by Gasteiger charge is 2.10. The van der Waals surface area contributed by atoms with E-state index in [0.29, 0.717) is 6.54 Å². The Kier molecular flexibility index (Phi) is 7.41. The third-order valence-electron chi connectivity index (χ3n) is 5.09. The molecular formula is C24H26N4O2S. The number of rotatable bonds is 8. The minimum atomic E-state index is -0.0751. The van der Waals surface area contributed by atoms with Crippen molar-refractivity contribution in [3.8, 4) is 11.3 Å². The van der Waals surface area contributed by atoms with Crippen LogP contribution in [0.3, 0.4) is 0 Å². The molecule has 1 aliphatic heterocycles. The third kappa shape index (κ3) is 6.23. The molecule has 1 aliphatic rings. The molecule has 4 rings (SSSR count). The number of benzene rings is 1. The molecule has 1 fully saturated rings. The molecule has 1 aromatic carbocycles. The van der Waals surface area contributed by atoms with E-state index >= 15 is 0 Å². The molecule has 160 valence electrons. The molecular weight excluding hydrogens is 408 g/mol. The summed E-state index contributed by atoms with van der Waals surface area (Å²) in [5.41, 5.74) is 4.26. The van der Waals surface area contributed by atoms with Crippen LogP contribution in [0, 0.1) is 0 Å². The first-order valence-electron chi connectivity index (χ1n) is 10.5. The Morgan fingerprint density at radius 1 is 1.13 bits per heavy atom. The zero-order valence-electron chi connectivity index (χ0n) is 17.4. The van der Waals surface area contributed by atoms with Crippen LogP contribution in [0.5, 0.6) is 0 Å². The molecule has 1 saturated heterocycles. The van der Waals surface area contributed by atoms with Crippen LogP contribution in [0.25, 0.3) is 17.3 Å². The molecule has 2 aromatic heterocycles. The van der Waals surface area contributed by atoms with Crippen LogP contribution >= 0.6 is 11.3 Å². The number of ether oxygens (including phenoxy) is 1. The van der Waals surface area contributed by atoms with Gasteiger partial charge in [0.2, 0.25) is 5.91 Å². The molecule has 0 bridgehead atoms. The number of hydrogen-bond acceptors (Lipinski definition) is 6. The van der Waals surface area contributed by atoms with Gasteiger partial charge < -0.3 is 15.0 Å². The summed E-state index contributed by atoms with van der Waals surface area (Å²) in [6.45, 7) is 4.02. The van der Waals surface area contributed by atoms with Crippen LogP contribution in [-0.2, 0) is 16.0 Å². The minimum Gasteiger partial charge on any atom is -0.378 e. The molecule has 0 radical (unpaired) electrons. The highest BCUT2D eigenvalue weighted by molar-refractivity contribution is 7.09. The Morgan fingerprint density at radius 2 is 1.90 bits per heavy atom. The number of hydrogen-bond donors (Lipinski definition) is 1. The first kappa shape index (κ1) is 21.2. The zero-order chi connectivity index (χ0) is 21.3. The highest BCUT2D eigenvalue weighted by Crippen LogP contribution is 2.21. The Balaban J connectivity index is 1.18. The normalized spacial score (nSPS) is 14.1. The summed E-state index contributed by atoms with van der Waals surface area (Å²) in [7, 11) is 0. The summed E-state index contributed by atoms with van der Waals surface area (Å²) in [4.78, 5) is 23.1. The van der Waals surface area contributed by atoms with Gasteiger partial charge in [0.05, 0.1) is 23.9 Å². The van der Waals surface area contributed by atoms with Crippen LogP contribution < -0.4 is 10.2 Å². The van der Waals surface area contributed by atoms with Crippen LogP contribution in [0.2, 0.25) is 0 Å². The summed E-state index contributed by atoms with van der Waals surface area (Å²) in [6, 6.07) is 12.2. The molecule has 6 nitrogen and oxygen atoms in total. The van der Waals surface area contributed by atoms with E-state index in [0.717, 1.165) is 61.0 Å². The van der Waals surface area contributed by atoms with Crippen molar-refractivity contribution in [3.63, 3.8) is 0 Å². The summed E-state index contributed by atoms with van der Waals surface area (Å²) in [6.07, 6.45) is 8.70. The van der Waals surface area contributed by atoms with Gasteiger partial charge >= 0.3 is 0 Å². The van der Waals surface area contributed by atoms with E-state index < -0.39 is 0 Å². The van der Waals surface area contributed by atoms with Crippen molar-refractivity contribution >= 4 is 29.0 Å². The van der Waals surface area contributed by atoms with Crippen molar-refractivity contribution in [2.45, 2.75) is 12.8 Å². The van der Waals surface area contributed by atoms with Crippen LogP contribution in [0.1, 0.15) is 17.0 Å². The van der Waals surface area contributed by atoms with Crippen LogP contribution in [-0.4, -0.2) is 48.7 Å². The topological polar surface area (TPSA) is 67.3 Å². The number of carbonyl (C=O) groups excluding carboxylic acids is 1. The standard InChI is InChI=1S/C24H26N4O2S/c29-23(8-5-19-3-6-21(7-4-19)28-14-16-30-17-15-28)26-11-1-2-24-27-22(18-31-24)20-9-12-25-13-10-20/h3-10,12-13,18H,1-2,11,14-17H2,(H,26,29)/b8-5+. The Hall–Kier alpha value is -3.03. The van der Waals surface area contributed by atoms with Gasteiger partial charge in [-0.25, -0.2) is 4.98 Å². The fourth-order valence-corrected chi connectivity index (χ4v) is 4.23. The summed E-state index contributed by atoms with van der Waals surface area (Å²) >= 11 is 1.65. The fourth-order valence-electron chi connectivity index (χ4n) is 3.38. The maximum atomic E-state index is 12.1. The monoisotopic (exact) mass is 434 g/mol. The molecule has 0 unspecified atom stereocenters. The molecule has 0 aliphatic carbocycles. The van der Waals surface area contributed by atoms with Gasteiger partial charge in [0.15, 0.2) is 0 Å². The van der Waals surface area contributed by atoms with Crippen molar-refractivity contribution in [1.29, 1.82) is 0 Å². The maximum absolute atomic E-state index is 12.1. The zero-order valence-corrected chi connectivity index (χ0v) is 18.2. The van der Waals surface area contributed by atoms with E-state index in [4.69, 9.17) is 4.74 Å². The largest absolute Gasteiger partial charge is 0.378 e. The van der Waals surface area contributed by atoms with E-state index in [1.165, 1.54) is 5.69 Å². The van der Waals surface area contributed by atoms with Crippen molar-refractivity contribution in [2.24, 2.45) is 0 Å². The second-order valence-electron chi connectivity index (χ2n) is 7.28. The highest BCUT2D eigenvalue weighted by atomic mass is 32.1. The number of morpholine rings is 1. The van der Waals surface area contributed by atoms with E-state index in [2.05, 4.69) is 37.7 Å². The number of thiazole rings is 1. The number of amides is 1. The Labute approximate surface area is 186 Å². The van der Waals surface area contributed by atoms with Crippen molar-refractivity contribution < 1.29 is 9.53 Å². The molecule has 3 aromatic rings. The molecule has 31 heavy (non-hydrogen) atoms. The summed E-state index contributed by atoms with van der Waals surface area (Å²) < 4.78 is 5.39. The molecule has 0 spiro atoms. The van der Waals surface area contributed by atoms with E-state index in [9.17, 15) is 4.79 Å². The van der Waals surface area contributed by atoms with E-state index in [1.807, 2.05) is 30.3 Å². The number of anilines is 1. The predicted octanol–water partition coefficient (Wildman–Crippen LogP) is 3.80. The third-order valence-corrected chi connectivity index (χ3v) is 6.00. The summed E-state index contributed by atoms with van der Waals surface area (Å²) in [5.74, 6) is -0.0751. The molecule has 1 amide bonds. The lowest BCUT2D eigenvalue weighted by atomic mass is 10.1. The number of carbonyl (C=O) groups is 1. The number of pyridine rings is 1. The smallest absolute Gasteiger partial charge is 0.243 e. The Bertz CT molecular complexity index is 996. The molecule has 1 N–H and O–H groups in total. The lowest BCUT2D eigenvalue weighted by molar-refractivity contribution is -0.116. The van der Waals surface area contributed by atoms with Crippen LogP contribution in [0.4, 0.5) is 5.69 Å². The van der Waals surface area contributed by atoms with Crippen molar-refractivity contribution in [2.75, 3.05) is 37.7 Å². The predicted molar refractivity (Wildman–Crippen MR) is 125 cm³/mol. The quantitative estimate of drug-likeness (QED) is 0.431. The van der Waals surface area contributed by atoms with Gasteiger partial charge in [-0.05, 0) is 42.3 Å². The Morgan fingerprint density at radius 3 is 2.68 bits per heavy atom. The fraction of sp³-hybridized carbons (Fsp3) is 0.292. The average Bonchev–Trinajstić information content (AvgIpc) is 3.31. The lowest BCUT2D eigenvalue weighted by Crippen LogP contribution is -2.36. The lowest BCUT2D eigenvalue weighted by Gasteiger charge is -2.28. The molecule has 7 heteroatoms. The van der Waals surface area contributed by atoms with Crippen molar-refractivity contribution in [3.05, 3.63) is 70.8 Å². The maximum Gasteiger partial charge on any atom is 0.243 e. The minimum absolute atomic E-state index is 0.0751. The first-order chi connectivity index (χ1) is 15.3. The number of nitrogens with zero attached hydrogens (tertiary/aromatic N) is 3. The van der Waals surface area contributed by atoms with Gasteiger partial charge in [0.1, 0.15) is 0 Å². The van der Waals surface area contributed by atoms with Gasteiger partial charge in [0, 0.05) is 61.2 Å². The summed E-state index contributed by atoms with van der Waals surface area (Å²) in [5, 5.41) is 6.09. The van der Waals surface area contributed by atoms with Gasteiger partial charge in [-0.1, -0.05) is 12.1 Å². The average molecular weight is 435 g/mol. The second-order valence-corrected chi connectivity index (χ2v) is 8.22. The van der Waals surface area contributed by atoms with Gasteiger partial charge in [-0.3, -0.25) is 9.78 Å². The molecule has 0 atom stereocenters. The van der Waals surface area contributed by atoms with E-state index in [-0.39, 0.29) is 5.91 Å². The van der Waals surface area contributed by atoms with Gasteiger partial charge in [0.25, 0.3) is 0 Å². The molecule has 0 saturated carbocycles. The number of aryl methyl sites for hydroxylation is 1. The number of aromatic nitrogens is 2. The second kappa shape index (κ2) is 10.8. The first-order valence-corrected chi connectivity index (χ1v) is 11.4.